The van der Waals surface area contributed by atoms with Gasteiger partial charge in [-0.2, -0.15) is 5.10 Å². The monoisotopic (exact) mass is 786 g/mol. The van der Waals surface area contributed by atoms with Crippen molar-refractivity contribution < 1.29 is 14.2 Å². The number of hydrogen-bond donors (Lipinski definition) is 1. The predicted molar refractivity (Wildman–Crippen MR) is 215 cm³/mol. The number of H-pyrrole nitrogens is 1. The first-order valence-electron chi connectivity index (χ1n) is 19.5. The molecule has 0 bridgehead atoms. The van der Waals surface area contributed by atoms with Crippen molar-refractivity contribution in [2.24, 2.45) is 0 Å². The van der Waals surface area contributed by atoms with Crippen molar-refractivity contribution in [1.82, 2.24) is 40.2 Å². The highest BCUT2D eigenvalue weighted by Crippen LogP contribution is 2.37. The third-order valence-electron chi connectivity index (χ3n) is 11.8. The third kappa shape index (κ3) is 6.99. The van der Waals surface area contributed by atoms with E-state index in [0.717, 1.165) is 126 Å². The maximum absolute atomic E-state index is 11.7. The van der Waals surface area contributed by atoms with Crippen molar-refractivity contribution in [2.75, 3.05) is 32.8 Å². The molecule has 286 valence electrons. The lowest BCUT2D eigenvalue weighted by molar-refractivity contribution is 0.0243. The summed E-state index contributed by atoms with van der Waals surface area (Å²) < 4.78 is 18.3. The number of fused-ring (bicyclic) bond motifs is 4. The number of ether oxygens (including phenoxy) is 3. The van der Waals surface area contributed by atoms with Crippen molar-refractivity contribution in [3.63, 3.8) is 0 Å². The van der Waals surface area contributed by atoms with E-state index in [9.17, 15) is 4.79 Å². The van der Waals surface area contributed by atoms with Gasteiger partial charge >= 0.3 is 4.87 Å². The molecule has 3 atom stereocenters. The molecule has 8 heterocycles. The molecular weight excluding hydrogens is 745 g/mol. The third-order valence-corrected chi connectivity index (χ3v) is 13.5. The number of aromatic nitrogens is 6. The van der Waals surface area contributed by atoms with E-state index in [1.807, 2.05) is 12.4 Å². The molecule has 12 nitrogen and oxygen atoms in total. The van der Waals surface area contributed by atoms with Gasteiger partial charge in [-0.25, -0.2) is 5.10 Å². The molecule has 0 fully saturated rings. The topological polar surface area (TPSA) is 131 Å². The molecule has 6 aromatic rings. The van der Waals surface area contributed by atoms with Crippen LogP contribution in [0.2, 0.25) is 0 Å². The van der Waals surface area contributed by atoms with Gasteiger partial charge in [0.2, 0.25) is 6.29 Å². The molecule has 56 heavy (non-hydrogen) atoms. The average molecular weight is 787 g/mol. The van der Waals surface area contributed by atoms with E-state index in [1.54, 1.807) is 0 Å². The minimum absolute atomic E-state index is 0.134. The lowest BCUT2D eigenvalue weighted by atomic mass is 10.0. The Hall–Kier alpha value is -5.02. The summed E-state index contributed by atoms with van der Waals surface area (Å²) in [6.45, 7) is 9.06. The van der Waals surface area contributed by atoms with E-state index >= 15 is 0 Å². The van der Waals surface area contributed by atoms with Crippen LogP contribution in [0.1, 0.15) is 70.7 Å². The molecule has 14 heteroatoms. The summed E-state index contributed by atoms with van der Waals surface area (Å²) in [4.78, 5) is 26.1. The smallest absolute Gasteiger partial charge is 0.322 e. The van der Waals surface area contributed by atoms with E-state index < -0.39 is 6.29 Å². The van der Waals surface area contributed by atoms with Crippen LogP contribution in [0.4, 0.5) is 0 Å². The molecule has 0 amide bonds. The maximum atomic E-state index is 11.7. The Morgan fingerprint density at radius 1 is 0.732 bits per heavy atom. The fraction of sp³-hybridized carbons (Fsp3) is 0.381. The molecule has 1 N–H and O–H groups in total. The first kappa shape index (κ1) is 35.4. The van der Waals surface area contributed by atoms with Gasteiger partial charge in [-0.1, -0.05) is 52.0 Å². The number of pyridine rings is 2. The van der Waals surface area contributed by atoms with Crippen LogP contribution in [0.25, 0.3) is 21.1 Å². The Balaban J connectivity index is 0.755. The number of benzene rings is 2. The number of nitrogens with one attached hydrogen (secondary N) is 1. The van der Waals surface area contributed by atoms with Gasteiger partial charge in [-0.3, -0.25) is 24.6 Å². The second kappa shape index (κ2) is 14.8. The van der Waals surface area contributed by atoms with Gasteiger partial charge in [0, 0.05) is 68.2 Å². The van der Waals surface area contributed by atoms with Gasteiger partial charge < -0.3 is 14.2 Å². The van der Waals surface area contributed by atoms with Crippen LogP contribution in [-0.4, -0.2) is 79.2 Å². The van der Waals surface area contributed by atoms with Crippen LogP contribution < -0.4 is 19.1 Å². The Bertz CT molecular complexity index is 2480. The summed E-state index contributed by atoms with van der Waals surface area (Å²) in [6.07, 6.45) is 8.79. The van der Waals surface area contributed by atoms with Gasteiger partial charge in [0.25, 0.3) is 5.19 Å². The SMILES string of the molecule is C[C@H](c1cnc2c(c1)OC(Oc1nnc(-c3ccc4c(c3)CCN([C@@H](C)c3cnc5c(c3)OCC5)CC4)s1)C2)N1CCc2ccc(-c3n[nH]c(=O)s3)cc2CC1. The van der Waals surface area contributed by atoms with Crippen LogP contribution in [-0.2, 0) is 38.5 Å². The number of hydrogen-bond acceptors (Lipinski definition) is 13. The second-order valence-electron chi connectivity index (χ2n) is 15.1. The van der Waals surface area contributed by atoms with Crippen LogP contribution >= 0.6 is 22.7 Å². The van der Waals surface area contributed by atoms with E-state index in [1.165, 1.54) is 39.2 Å². The quantitative estimate of drug-likeness (QED) is 0.184. The molecule has 4 aliphatic rings. The Morgan fingerprint density at radius 3 is 2.02 bits per heavy atom. The van der Waals surface area contributed by atoms with Crippen LogP contribution in [0.5, 0.6) is 16.7 Å². The van der Waals surface area contributed by atoms with Crippen molar-refractivity contribution in [3.05, 3.63) is 115 Å². The first-order valence-corrected chi connectivity index (χ1v) is 21.1. The highest BCUT2D eigenvalue weighted by atomic mass is 32.1. The van der Waals surface area contributed by atoms with Gasteiger partial charge in [-0.05, 0) is 97.2 Å². The van der Waals surface area contributed by atoms with E-state index in [0.29, 0.717) is 11.6 Å². The van der Waals surface area contributed by atoms with Crippen LogP contribution in [0.3, 0.4) is 0 Å². The standard InChI is InChI=1S/C42H42N8O4S2/c1-24(32-19-36-34(43-22-32)11-16-52-36)49-12-7-27-4-6-31(18-29(27)10-14-49)40-46-48-42(56-40)54-38-21-35-37(53-38)20-33(23-44-35)25(2)50-13-8-26-3-5-30(17-28(26)9-15-50)39-45-47-41(51)55-39/h3-6,17-20,22-25,38H,7-16,21H2,1-2H3,(H,47,51)/t24-,25+,38?/m0/s1. The highest BCUT2D eigenvalue weighted by molar-refractivity contribution is 7.16. The number of aromatic amines is 1. The van der Waals surface area contributed by atoms with E-state index in [-0.39, 0.29) is 17.0 Å². The molecule has 0 spiro atoms. The fourth-order valence-corrected chi connectivity index (χ4v) is 9.78. The van der Waals surface area contributed by atoms with E-state index in [2.05, 4.69) is 97.6 Å². The zero-order valence-corrected chi connectivity index (χ0v) is 33.0. The molecular formula is C42H42N8O4S2. The summed E-state index contributed by atoms with van der Waals surface area (Å²) in [5.74, 6) is 1.71. The second-order valence-corrected chi connectivity index (χ2v) is 17.0. The maximum Gasteiger partial charge on any atom is 0.322 e. The van der Waals surface area contributed by atoms with Crippen molar-refractivity contribution in [3.8, 4) is 37.8 Å². The fourth-order valence-electron chi connectivity index (χ4n) is 8.45. The molecule has 4 aliphatic heterocycles. The molecule has 1 unspecified atom stereocenters. The van der Waals surface area contributed by atoms with Crippen LogP contribution in [0.15, 0.2) is 65.7 Å². The Morgan fingerprint density at radius 2 is 1.36 bits per heavy atom. The predicted octanol–water partition coefficient (Wildman–Crippen LogP) is 6.41. The molecule has 4 aromatic heterocycles. The number of nitrogens with zero attached hydrogens (tertiary/aromatic N) is 7. The zero-order valence-electron chi connectivity index (χ0n) is 31.4. The summed E-state index contributed by atoms with van der Waals surface area (Å²) in [6, 6.07) is 17.9. The number of rotatable bonds is 8. The zero-order chi connectivity index (χ0) is 37.8. The van der Waals surface area contributed by atoms with Gasteiger partial charge in [0.1, 0.15) is 16.5 Å². The lowest BCUT2D eigenvalue weighted by Gasteiger charge is -2.27. The van der Waals surface area contributed by atoms with E-state index in [4.69, 9.17) is 19.2 Å². The normalized spacial score (nSPS) is 19.1. The van der Waals surface area contributed by atoms with Crippen molar-refractivity contribution >= 4 is 22.7 Å². The molecule has 0 aliphatic carbocycles. The Kier molecular flexibility index (Phi) is 9.36. The lowest BCUT2D eigenvalue weighted by Crippen LogP contribution is -2.29. The largest absolute Gasteiger partial charge is 0.491 e. The molecule has 0 radical (unpaired) electrons. The average Bonchev–Trinajstić information content (AvgIpc) is 4.01. The minimum atomic E-state index is -0.508. The van der Waals surface area contributed by atoms with Crippen LogP contribution in [0, 0.1) is 0 Å². The minimum Gasteiger partial charge on any atom is -0.491 e. The van der Waals surface area contributed by atoms with Gasteiger partial charge in [-0.15, -0.1) is 5.10 Å². The Labute approximate surface area is 332 Å². The summed E-state index contributed by atoms with van der Waals surface area (Å²) >= 11 is 2.59. The molecule has 0 saturated heterocycles. The van der Waals surface area contributed by atoms with Gasteiger partial charge in [0.15, 0.2) is 5.01 Å². The van der Waals surface area contributed by atoms with Gasteiger partial charge in [0.05, 0.1) is 24.4 Å². The first-order chi connectivity index (χ1) is 27.4. The summed E-state index contributed by atoms with van der Waals surface area (Å²) in [5.41, 5.74) is 11.7. The molecule has 2 aromatic carbocycles. The highest BCUT2D eigenvalue weighted by Gasteiger charge is 2.30. The van der Waals surface area contributed by atoms with Crippen molar-refractivity contribution in [1.29, 1.82) is 0 Å². The summed E-state index contributed by atoms with van der Waals surface area (Å²) in [5, 5.41) is 17.7. The molecule has 0 saturated carbocycles. The molecule has 10 rings (SSSR count). The van der Waals surface area contributed by atoms with Crippen molar-refractivity contribution in [2.45, 2.75) is 70.7 Å². The summed E-state index contributed by atoms with van der Waals surface area (Å²) in [7, 11) is 0.